The van der Waals surface area contributed by atoms with Gasteiger partial charge < -0.3 is 9.26 Å². The summed E-state index contributed by atoms with van der Waals surface area (Å²) in [6, 6.07) is 16.3. The highest BCUT2D eigenvalue weighted by atomic mass is 31.2. The van der Waals surface area contributed by atoms with Crippen LogP contribution < -0.4 is 4.52 Å². The lowest BCUT2D eigenvalue weighted by atomic mass is 10.2. The molecule has 0 aromatic heterocycles. The van der Waals surface area contributed by atoms with Crippen molar-refractivity contribution in [2.75, 3.05) is 0 Å². The molecule has 0 aliphatic carbocycles. The summed E-state index contributed by atoms with van der Waals surface area (Å²) in [5.41, 5.74) is 1.62. The van der Waals surface area contributed by atoms with E-state index in [0.717, 1.165) is 5.56 Å². The Balaban J connectivity index is 1.97. The van der Waals surface area contributed by atoms with Crippen LogP contribution in [0.3, 0.4) is 0 Å². The van der Waals surface area contributed by atoms with Gasteiger partial charge in [0.25, 0.3) is 0 Å². The zero-order valence-corrected chi connectivity index (χ0v) is 11.6. The van der Waals surface area contributed by atoms with Crippen LogP contribution in [0.15, 0.2) is 54.6 Å². The standard InChI is InChI=1S/C14H15O5P/c15-20(16,17)19-14-9-5-4-8-13(14)11-18-10-12-6-2-1-3-7-12/h1-9H,10-11H2,(H2,15,16,17). The van der Waals surface area contributed by atoms with E-state index < -0.39 is 7.82 Å². The minimum absolute atomic E-state index is 0.133. The molecule has 6 heteroatoms. The van der Waals surface area contributed by atoms with Crippen molar-refractivity contribution in [1.82, 2.24) is 0 Å². The molecule has 0 bridgehead atoms. The largest absolute Gasteiger partial charge is 0.524 e. The van der Waals surface area contributed by atoms with E-state index in [1.165, 1.54) is 6.07 Å². The fourth-order valence-electron chi connectivity index (χ4n) is 1.69. The molecule has 0 radical (unpaired) electrons. The molecular weight excluding hydrogens is 279 g/mol. The van der Waals surface area contributed by atoms with Gasteiger partial charge in [-0.15, -0.1) is 0 Å². The Morgan fingerprint density at radius 2 is 1.55 bits per heavy atom. The Labute approximate surface area is 117 Å². The maximum absolute atomic E-state index is 10.9. The first-order valence-corrected chi connectivity index (χ1v) is 7.52. The normalized spacial score (nSPS) is 11.3. The van der Waals surface area contributed by atoms with Gasteiger partial charge in [0.2, 0.25) is 0 Å². The summed E-state index contributed by atoms with van der Waals surface area (Å²) >= 11 is 0. The first kappa shape index (κ1) is 14.8. The maximum atomic E-state index is 10.9. The van der Waals surface area contributed by atoms with E-state index in [2.05, 4.69) is 4.52 Å². The smallest absolute Gasteiger partial charge is 0.404 e. The molecule has 0 atom stereocenters. The fraction of sp³-hybridized carbons (Fsp3) is 0.143. The molecule has 2 aromatic rings. The first-order chi connectivity index (χ1) is 9.54. The Hall–Kier alpha value is -1.65. The van der Waals surface area contributed by atoms with Crippen LogP contribution in [0.4, 0.5) is 0 Å². The van der Waals surface area contributed by atoms with Gasteiger partial charge in [0.05, 0.1) is 13.2 Å². The average molecular weight is 294 g/mol. The molecule has 0 amide bonds. The summed E-state index contributed by atoms with van der Waals surface area (Å²) < 4.78 is 21.0. The highest BCUT2D eigenvalue weighted by Crippen LogP contribution is 2.39. The van der Waals surface area contributed by atoms with Crippen molar-refractivity contribution in [2.24, 2.45) is 0 Å². The highest BCUT2D eigenvalue weighted by molar-refractivity contribution is 7.46. The lowest BCUT2D eigenvalue weighted by Gasteiger charge is -2.12. The minimum Gasteiger partial charge on any atom is -0.404 e. The number of rotatable bonds is 6. The highest BCUT2D eigenvalue weighted by Gasteiger charge is 2.17. The molecule has 106 valence electrons. The first-order valence-electron chi connectivity index (χ1n) is 5.99. The van der Waals surface area contributed by atoms with E-state index in [4.69, 9.17) is 14.5 Å². The second-order valence-electron chi connectivity index (χ2n) is 4.17. The monoisotopic (exact) mass is 294 g/mol. The van der Waals surface area contributed by atoms with E-state index in [9.17, 15) is 4.57 Å². The van der Waals surface area contributed by atoms with Gasteiger partial charge in [-0.3, -0.25) is 9.79 Å². The topological polar surface area (TPSA) is 76.0 Å². The summed E-state index contributed by atoms with van der Waals surface area (Å²) in [7, 11) is -4.56. The van der Waals surface area contributed by atoms with E-state index in [1.807, 2.05) is 30.3 Å². The summed E-state index contributed by atoms with van der Waals surface area (Å²) in [5, 5.41) is 0. The van der Waals surface area contributed by atoms with Crippen LogP contribution >= 0.6 is 7.82 Å². The van der Waals surface area contributed by atoms with Crippen LogP contribution in [-0.4, -0.2) is 9.79 Å². The zero-order chi connectivity index (χ0) is 14.4. The Kier molecular flexibility index (Phi) is 4.93. The van der Waals surface area contributed by atoms with Gasteiger partial charge in [0, 0.05) is 5.56 Å². The summed E-state index contributed by atoms with van der Waals surface area (Å²) in [6.07, 6.45) is 0. The van der Waals surface area contributed by atoms with Crippen molar-refractivity contribution in [2.45, 2.75) is 13.2 Å². The van der Waals surface area contributed by atoms with Gasteiger partial charge in [0.1, 0.15) is 5.75 Å². The molecule has 0 aliphatic rings. The number of benzene rings is 2. The van der Waals surface area contributed by atoms with E-state index in [-0.39, 0.29) is 12.4 Å². The van der Waals surface area contributed by atoms with Crippen molar-refractivity contribution >= 4 is 7.82 Å². The number of hydrogen-bond acceptors (Lipinski definition) is 3. The van der Waals surface area contributed by atoms with Gasteiger partial charge in [0.15, 0.2) is 0 Å². The van der Waals surface area contributed by atoms with Crippen LogP contribution in [0, 0.1) is 0 Å². The van der Waals surface area contributed by atoms with Crippen LogP contribution in [0.5, 0.6) is 5.75 Å². The molecule has 0 saturated heterocycles. The second-order valence-corrected chi connectivity index (χ2v) is 5.33. The van der Waals surface area contributed by atoms with Gasteiger partial charge in [-0.1, -0.05) is 48.5 Å². The predicted octanol–water partition coefficient (Wildman–Crippen LogP) is 2.87. The number of hydrogen-bond donors (Lipinski definition) is 2. The minimum atomic E-state index is -4.56. The predicted molar refractivity (Wildman–Crippen MR) is 74.0 cm³/mol. The molecule has 0 unspecified atom stereocenters. The number of phosphoric ester groups is 1. The lowest BCUT2D eigenvalue weighted by molar-refractivity contribution is 0.106. The molecule has 2 aromatic carbocycles. The lowest BCUT2D eigenvalue weighted by Crippen LogP contribution is -1.98. The van der Waals surface area contributed by atoms with E-state index in [1.54, 1.807) is 18.2 Å². The Morgan fingerprint density at radius 1 is 0.900 bits per heavy atom. The third kappa shape index (κ3) is 4.79. The molecule has 2 N–H and O–H groups in total. The van der Waals surface area contributed by atoms with Crippen molar-refractivity contribution in [1.29, 1.82) is 0 Å². The summed E-state index contributed by atoms with van der Waals surface area (Å²) in [6.45, 7) is 0.635. The van der Waals surface area contributed by atoms with Crippen LogP contribution in [0.25, 0.3) is 0 Å². The molecular formula is C14H15O5P. The molecule has 5 nitrogen and oxygen atoms in total. The van der Waals surface area contributed by atoms with Crippen molar-refractivity contribution in [3.8, 4) is 5.75 Å². The quantitative estimate of drug-likeness (QED) is 0.801. The summed E-state index contributed by atoms with van der Waals surface area (Å²) in [4.78, 5) is 17.7. The SMILES string of the molecule is O=P(O)(O)Oc1ccccc1COCc1ccccc1. The van der Waals surface area contributed by atoms with Crippen LogP contribution in [0.2, 0.25) is 0 Å². The zero-order valence-electron chi connectivity index (χ0n) is 10.7. The average Bonchev–Trinajstić information content (AvgIpc) is 2.40. The molecule has 0 aliphatic heterocycles. The molecule has 0 heterocycles. The third-order valence-corrected chi connectivity index (χ3v) is 2.99. The van der Waals surface area contributed by atoms with Crippen LogP contribution in [-0.2, 0) is 22.5 Å². The molecule has 20 heavy (non-hydrogen) atoms. The molecule has 2 rings (SSSR count). The van der Waals surface area contributed by atoms with Gasteiger partial charge in [-0.25, -0.2) is 4.57 Å². The third-order valence-electron chi connectivity index (χ3n) is 2.56. The fourth-order valence-corrected chi connectivity index (χ4v) is 2.13. The van der Waals surface area contributed by atoms with E-state index in [0.29, 0.717) is 12.2 Å². The molecule has 0 fully saturated rings. The van der Waals surface area contributed by atoms with Crippen LogP contribution in [0.1, 0.15) is 11.1 Å². The number of ether oxygens (including phenoxy) is 1. The van der Waals surface area contributed by atoms with Crippen molar-refractivity contribution < 1.29 is 23.6 Å². The van der Waals surface area contributed by atoms with Gasteiger partial charge >= 0.3 is 7.82 Å². The molecule has 0 saturated carbocycles. The Bertz CT molecular complexity index is 594. The van der Waals surface area contributed by atoms with E-state index >= 15 is 0 Å². The van der Waals surface area contributed by atoms with Crippen molar-refractivity contribution in [3.63, 3.8) is 0 Å². The number of phosphoric acid groups is 1. The summed E-state index contributed by atoms with van der Waals surface area (Å²) in [5.74, 6) is 0.133. The molecule has 0 spiro atoms. The Morgan fingerprint density at radius 3 is 2.25 bits per heavy atom. The van der Waals surface area contributed by atoms with Crippen molar-refractivity contribution in [3.05, 3.63) is 65.7 Å². The van der Waals surface area contributed by atoms with Gasteiger partial charge in [-0.05, 0) is 11.6 Å². The second kappa shape index (κ2) is 6.68. The maximum Gasteiger partial charge on any atom is 0.524 e. The number of para-hydroxylation sites is 1. The van der Waals surface area contributed by atoms with Gasteiger partial charge in [-0.2, -0.15) is 0 Å².